The lowest BCUT2D eigenvalue weighted by atomic mass is 10.2. The molecule has 0 aliphatic carbocycles. The molecule has 0 aliphatic heterocycles. The molecule has 1 aromatic rings. The zero-order valence-corrected chi connectivity index (χ0v) is 9.97. The molecule has 0 aliphatic rings. The fraction of sp³-hybridized carbons (Fsp3) is 0.545. The highest BCUT2D eigenvalue weighted by molar-refractivity contribution is 5.52. The number of ether oxygens (including phenoxy) is 1. The van der Waals surface area contributed by atoms with E-state index in [-0.39, 0.29) is 0 Å². The van der Waals surface area contributed by atoms with Crippen LogP contribution in [0.3, 0.4) is 0 Å². The Morgan fingerprint density at radius 2 is 2.31 bits per heavy atom. The quantitative estimate of drug-likeness (QED) is 0.759. The van der Waals surface area contributed by atoms with Gasteiger partial charge in [0.05, 0.1) is 24.6 Å². The standard InChI is InChI=1S/C11H19N3O2/c1-8-4-9(12)5-13-11(8)14(2)6-10(15)7-16-3/h4-5,10,15H,6-7,12H2,1-3H3. The maximum Gasteiger partial charge on any atom is 0.131 e. The van der Waals surface area contributed by atoms with Gasteiger partial charge in [-0.2, -0.15) is 0 Å². The Morgan fingerprint density at radius 3 is 2.88 bits per heavy atom. The Kier molecular flexibility index (Phi) is 4.52. The predicted molar refractivity (Wildman–Crippen MR) is 64.5 cm³/mol. The molecular weight excluding hydrogens is 206 g/mol. The van der Waals surface area contributed by atoms with Crippen LogP contribution in [-0.4, -0.2) is 43.5 Å². The van der Waals surface area contributed by atoms with Crippen LogP contribution in [0.2, 0.25) is 0 Å². The SMILES string of the molecule is COCC(O)CN(C)c1ncc(N)cc1C. The van der Waals surface area contributed by atoms with Crippen LogP contribution in [0.25, 0.3) is 0 Å². The Labute approximate surface area is 95.8 Å². The molecule has 3 N–H and O–H groups in total. The summed E-state index contributed by atoms with van der Waals surface area (Å²) in [5.41, 5.74) is 7.26. The summed E-state index contributed by atoms with van der Waals surface area (Å²) in [6.07, 6.45) is 1.09. The molecule has 1 rings (SSSR count). The fourth-order valence-electron chi connectivity index (χ4n) is 1.64. The van der Waals surface area contributed by atoms with Crippen LogP contribution in [0.15, 0.2) is 12.3 Å². The van der Waals surface area contributed by atoms with E-state index in [2.05, 4.69) is 4.98 Å². The normalized spacial score (nSPS) is 12.5. The first kappa shape index (κ1) is 12.7. The Bertz CT molecular complexity index is 344. The number of aromatic nitrogens is 1. The van der Waals surface area contributed by atoms with Gasteiger partial charge in [0.15, 0.2) is 0 Å². The number of aliphatic hydroxyl groups is 1. The van der Waals surface area contributed by atoms with Crippen molar-refractivity contribution < 1.29 is 9.84 Å². The van der Waals surface area contributed by atoms with Gasteiger partial charge in [0, 0.05) is 20.7 Å². The third kappa shape index (κ3) is 3.36. The molecule has 0 bridgehead atoms. The van der Waals surface area contributed by atoms with E-state index in [1.54, 1.807) is 13.3 Å². The number of nitrogen functional groups attached to an aromatic ring is 1. The summed E-state index contributed by atoms with van der Waals surface area (Å²) in [6.45, 7) is 2.74. The van der Waals surface area contributed by atoms with Crippen molar-refractivity contribution in [2.45, 2.75) is 13.0 Å². The van der Waals surface area contributed by atoms with E-state index in [0.717, 1.165) is 11.4 Å². The number of hydrogen-bond acceptors (Lipinski definition) is 5. The molecule has 0 radical (unpaired) electrons. The summed E-state index contributed by atoms with van der Waals surface area (Å²) < 4.78 is 4.87. The molecule has 1 unspecified atom stereocenters. The first-order valence-electron chi connectivity index (χ1n) is 5.15. The van der Waals surface area contributed by atoms with Crippen LogP contribution in [0, 0.1) is 6.92 Å². The van der Waals surface area contributed by atoms with Crippen LogP contribution < -0.4 is 10.6 Å². The van der Waals surface area contributed by atoms with E-state index < -0.39 is 6.10 Å². The van der Waals surface area contributed by atoms with E-state index in [4.69, 9.17) is 10.5 Å². The first-order chi connectivity index (χ1) is 7.54. The molecule has 1 heterocycles. The van der Waals surface area contributed by atoms with E-state index in [9.17, 15) is 5.11 Å². The second-order valence-corrected chi connectivity index (χ2v) is 3.90. The van der Waals surface area contributed by atoms with Gasteiger partial charge in [0.25, 0.3) is 0 Å². The molecule has 5 heteroatoms. The van der Waals surface area contributed by atoms with E-state index in [1.807, 2.05) is 24.9 Å². The number of aryl methyl sites for hydroxylation is 1. The smallest absolute Gasteiger partial charge is 0.131 e. The van der Waals surface area contributed by atoms with Crippen molar-refractivity contribution in [3.63, 3.8) is 0 Å². The summed E-state index contributed by atoms with van der Waals surface area (Å²) in [7, 11) is 3.44. The molecular formula is C11H19N3O2. The van der Waals surface area contributed by atoms with Crippen LogP contribution >= 0.6 is 0 Å². The minimum atomic E-state index is -0.520. The number of rotatable bonds is 5. The molecule has 0 amide bonds. The van der Waals surface area contributed by atoms with E-state index in [0.29, 0.717) is 18.8 Å². The molecule has 16 heavy (non-hydrogen) atoms. The average Bonchev–Trinajstić information content (AvgIpc) is 2.17. The van der Waals surface area contributed by atoms with Gasteiger partial charge in [0.2, 0.25) is 0 Å². The molecule has 0 aromatic carbocycles. The number of hydrogen-bond donors (Lipinski definition) is 2. The van der Waals surface area contributed by atoms with Crippen LogP contribution in [0.1, 0.15) is 5.56 Å². The molecule has 0 saturated heterocycles. The van der Waals surface area contributed by atoms with Crippen molar-refractivity contribution in [2.24, 2.45) is 0 Å². The number of methoxy groups -OCH3 is 1. The highest BCUT2D eigenvalue weighted by Crippen LogP contribution is 2.17. The van der Waals surface area contributed by atoms with E-state index >= 15 is 0 Å². The van der Waals surface area contributed by atoms with Gasteiger partial charge in [-0.05, 0) is 18.6 Å². The Hall–Kier alpha value is -1.33. The van der Waals surface area contributed by atoms with Crippen LogP contribution in [0.5, 0.6) is 0 Å². The molecule has 0 saturated carbocycles. The zero-order chi connectivity index (χ0) is 12.1. The topological polar surface area (TPSA) is 71.6 Å². The molecule has 1 aromatic heterocycles. The first-order valence-corrected chi connectivity index (χ1v) is 5.15. The number of aliphatic hydroxyl groups excluding tert-OH is 1. The number of pyridine rings is 1. The second-order valence-electron chi connectivity index (χ2n) is 3.90. The van der Waals surface area contributed by atoms with Gasteiger partial charge in [-0.15, -0.1) is 0 Å². The van der Waals surface area contributed by atoms with Gasteiger partial charge in [0.1, 0.15) is 5.82 Å². The molecule has 90 valence electrons. The molecule has 5 nitrogen and oxygen atoms in total. The average molecular weight is 225 g/mol. The number of likely N-dealkylation sites (N-methyl/N-ethyl adjacent to an activating group) is 1. The molecule has 1 atom stereocenters. The second kappa shape index (κ2) is 5.67. The van der Waals surface area contributed by atoms with Gasteiger partial charge in [-0.25, -0.2) is 4.98 Å². The summed E-state index contributed by atoms with van der Waals surface area (Å²) in [6, 6.07) is 1.86. The van der Waals surface area contributed by atoms with Crippen molar-refractivity contribution in [1.29, 1.82) is 0 Å². The number of nitrogens with zero attached hydrogens (tertiary/aromatic N) is 2. The van der Waals surface area contributed by atoms with Gasteiger partial charge >= 0.3 is 0 Å². The largest absolute Gasteiger partial charge is 0.397 e. The van der Waals surface area contributed by atoms with E-state index in [1.165, 1.54) is 0 Å². The third-order valence-corrected chi connectivity index (χ3v) is 2.28. The zero-order valence-electron chi connectivity index (χ0n) is 9.97. The number of anilines is 2. The summed E-state index contributed by atoms with van der Waals surface area (Å²) >= 11 is 0. The summed E-state index contributed by atoms with van der Waals surface area (Å²) in [5, 5.41) is 9.61. The summed E-state index contributed by atoms with van der Waals surface area (Å²) in [4.78, 5) is 6.13. The van der Waals surface area contributed by atoms with Crippen molar-refractivity contribution in [3.8, 4) is 0 Å². The van der Waals surface area contributed by atoms with Crippen LogP contribution in [-0.2, 0) is 4.74 Å². The van der Waals surface area contributed by atoms with Gasteiger partial charge in [-0.1, -0.05) is 0 Å². The summed E-state index contributed by atoms with van der Waals surface area (Å²) in [5.74, 6) is 0.823. The number of nitrogens with two attached hydrogens (primary N) is 1. The monoisotopic (exact) mass is 225 g/mol. The maximum atomic E-state index is 9.61. The predicted octanol–water partition coefficient (Wildman–Crippen LogP) is 0.416. The van der Waals surface area contributed by atoms with Gasteiger partial charge < -0.3 is 20.5 Å². The highest BCUT2D eigenvalue weighted by atomic mass is 16.5. The van der Waals surface area contributed by atoms with Crippen molar-refractivity contribution in [3.05, 3.63) is 17.8 Å². The van der Waals surface area contributed by atoms with Crippen LogP contribution in [0.4, 0.5) is 11.5 Å². The van der Waals surface area contributed by atoms with Crippen molar-refractivity contribution >= 4 is 11.5 Å². The third-order valence-electron chi connectivity index (χ3n) is 2.28. The fourth-order valence-corrected chi connectivity index (χ4v) is 1.64. The lowest BCUT2D eigenvalue weighted by Crippen LogP contribution is -2.32. The maximum absolute atomic E-state index is 9.61. The molecule has 0 spiro atoms. The minimum Gasteiger partial charge on any atom is -0.397 e. The van der Waals surface area contributed by atoms with Crippen molar-refractivity contribution in [1.82, 2.24) is 4.98 Å². The lowest BCUT2D eigenvalue weighted by molar-refractivity contribution is 0.0694. The minimum absolute atomic E-state index is 0.318. The lowest BCUT2D eigenvalue weighted by Gasteiger charge is -2.22. The Balaban J connectivity index is 2.69. The molecule has 0 fully saturated rings. The van der Waals surface area contributed by atoms with Crippen molar-refractivity contribution in [2.75, 3.05) is 37.9 Å². The highest BCUT2D eigenvalue weighted by Gasteiger charge is 2.11. The Morgan fingerprint density at radius 1 is 1.62 bits per heavy atom. The van der Waals surface area contributed by atoms with Gasteiger partial charge in [-0.3, -0.25) is 0 Å².